The van der Waals surface area contributed by atoms with Crippen LogP contribution < -0.4 is 10.6 Å². The average molecular weight is 289 g/mol. The molecule has 0 spiro atoms. The Kier molecular flexibility index (Phi) is 4.01. The van der Waals surface area contributed by atoms with Crippen LogP contribution in [-0.2, 0) is 4.74 Å². The molecule has 21 heavy (non-hydrogen) atoms. The van der Waals surface area contributed by atoms with Crippen LogP contribution >= 0.6 is 0 Å². The Morgan fingerprint density at radius 2 is 2.05 bits per heavy atom. The Hall–Kier alpha value is -1.75. The highest BCUT2D eigenvalue weighted by Crippen LogP contribution is 2.31. The van der Waals surface area contributed by atoms with Crippen LogP contribution in [0.15, 0.2) is 18.2 Å². The monoisotopic (exact) mass is 289 g/mol. The molecule has 0 bridgehead atoms. The summed E-state index contributed by atoms with van der Waals surface area (Å²) in [5, 5.41) is 0. The minimum absolute atomic E-state index is 0.371. The van der Waals surface area contributed by atoms with Crippen LogP contribution in [0, 0.1) is 0 Å². The molecule has 2 heterocycles. The van der Waals surface area contributed by atoms with Gasteiger partial charge in [-0.2, -0.15) is 0 Å². The third-order valence-electron chi connectivity index (χ3n) is 4.65. The molecule has 0 amide bonds. The quantitative estimate of drug-likeness (QED) is 0.678. The van der Waals surface area contributed by atoms with Gasteiger partial charge >= 0.3 is 5.97 Å². The minimum atomic E-state index is -0.371. The number of anilines is 2. The predicted molar refractivity (Wildman–Crippen MR) is 83.6 cm³/mol. The normalized spacial score (nSPS) is 22.7. The first-order valence-corrected chi connectivity index (χ1v) is 7.66. The number of carbonyl (C=O) groups is 1. The highest BCUT2D eigenvalue weighted by atomic mass is 16.5. The van der Waals surface area contributed by atoms with Crippen LogP contribution in [0.3, 0.4) is 0 Å². The van der Waals surface area contributed by atoms with Gasteiger partial charge in [-0.15, -0.1) is 0 Å². The van der Waals surface area contributed by atoms with Crippen LogP contribution in [0.25, 0.3) is 0 Å². The molecule has 1 unspecified atom stereocenters. The van der Waals surface area contributed by atoms with Crippen LogP contribution in [0.5, 0.6) is 0 Å². The Morgan fingerprint density at radius 3 is 2.76 bits per heavy atom. The number of hydrogen-bond acceptors (Lipinski definition) is 5. The van der Waals surface area contributed by atoms with E-state index in [-0.39, 0.29) is 5.97 Å². The van der Waals surface area contributed by atoms with Gasteiger partial charge in [0.15, 0.2) is 0 Å². The molecule has 0 radical (unpaired) electrons. The van der Waals surface area contributed by atoms with E-state index in [1.165, 1.54) is 39.5 Å². The first-order valence-electron chi connectivity index (χ1n) is 7.66. The van der Waals surface area contributed by atoms with Gasteiger partial charge in [-0.25, -0.2) is 4.79 Å². The molecule has 0 saturated carbocycles. The lowest BCUT2D eigenvalue weighted by molar-refractivity contribution is 0.0602. The van der Waals surface area contributed by atoms with Gasteiger partial charge in [-0.05, 0) is 44.5 Å². The summed E-state index contributed by atoms with van der Waals surface area (Å²) in [7, 11) is 1.38. The maximum atomic E-state index is 11.7. The van der Waals surface area contributed by atoms with Gasteiger partial charge in [0.2, 0.25) is 0 Å². The van der Waals surface area contributed by atoms with E-state index in [2.05, 4.69) is 9.80 Å². The molecular formula is C16H23N3O2. The molecule has 1 aromatic carbocycles. The van der Waals surface area contributed by atoms with Crippen molar-refractivity contribution in [2.24, 2.45) is 0 Å². The Balaban J connectivity index is 1.77. The summed E-state index contributed by atoms with van der Waals surface area (Å²) in [4.78, 5) is 16.6. The van der Waals surface area contributed by atoms with Gasteiger partial charge in [0.25, 0.3) is 0 Å². The Morgan fingerprint density at radius 1 is 1.29 bits per heavy atom. The number of likely N-dealkylation sites (tertiary alicyclic amines) is 1. The van der Waals surface area contributed by atoms with E-state index in [1.54, 1.807) is 6.07 Å². The lowest BCUT2D eigenvalue weighted by atomic mass is 10.1. The fraction of sp³-hybridized carbons (Fsp3) is 0.562. The van der Waals surface area contributed by atoms with E-state index in [4.69, 9.17) is 10.5 Å². The first kappa shape index (κ1) is 14.2. The molecule has 2 fully saturated rings. The van der Waals surface area contributed by atoms with E-state index >= 15 is 0 Å². The second kappa shape index (κ2) is 5.93. The van der Waals surface area contributed by atoms with Gasteiger partial charge in [0.05, 0.1) is 24.0 Å². The number of nitrogens with two attached hydrogens (primary N) is 1. The number of rotatable bonds is 3. The molecule has 5 heteroatoms. The fourth-order valence-corrected chi connectivity index (χ4v) is 3.48. The number of carbonyl (C=O) groups excluding carboxylic acids is 1. The topological polar surface area (TPSA) is 58.8 Å². The van der Waals surface area contributed by atoms with Crippen molar-refractivity contribution < 1.29 is 9.53 Å². The molecule has 114 valence electrons. The lowest BCUT2D eigenvalue weighted by Crippen LogP contribution is -2.35. The molecular weight excluding hydrogens is 266 g/mol. The largest absolute Gasteiger partial charge is 0.465 e. The standard InChI is InChI=1S/C16H23N3O2/c1-21-16(20)13-5-4-6-14(15(13)17)19-10-7-12(11-19)18-8-2-3-9-18/h4-6,12H,2-3,7-11,17H2,1H3. The van der Waals surface area contributed by atoms with Crippen molar-refractivity contribution in [1.82, 2.24) is 4.90 Å². The average Bonchev–Trinajstić information content (AvgIpc) is 3.17. The molecule has 1 atom stereocenters. The SMILES string of the molecule is COC(=O)c1cccc(N2CCC(N3CCCC3)C2)c1N. The molecule has 2 aliphatic heterocycles. The van der Waals surface area contributed by atoms with E-state index < -0.39 is 0 Å². The lowest BCUT2D eigenvalue weighted by Gasteiger charge is -2.25. The van der Waals surface area contributed by atoms with Gasteiger partial charge in [0, 0.05) is 19.1 Å². The van der Waals surface area contributed by atoms with Crippen molar-refractivity contribution >= 4 is 17.3 Å². The number of nitrogen functional groups attached to an aromatic ring is 1. The Bertz CT molecular complexity index is 526. The van der Waals surface area contributed by atoms with Crippen LogP contribution in [0.1, 0.15) is 29.6 Å². The summed E-state index contributed by atoms with van der Waals surface area (Å²) in [6, 6.07) is 6.21. The third kappa shape index (κ3) is 2.70. The number of ether oxygens (including phenoxy) is 1. The highest BCUT2D eigenvalue weighted by Gasteiger charge is 2.30. The molecule has 5 nitrogen and oxygen atoms in total. The number of benzene rings is 1. The molecule has 2 N–H and O–H groups in total. The van der Waals surface area contributed by atoms with Crippen molar-refractivity contribution in [2.45, 2.75) is 25.3 Å². The maximum Gasteiger partial charge on any atom is 0.340 e. The van der Waals surface area contributed by atoms with Crippen molar-refractivity contribution in [2.75, 3.05) is 43.9 Å². The minimum Gasteiger partial charge on any atom is -0.465 e. The van der Waals surface area contributed by atoms with E-state index in [0.717, 1.165) is 18.8 Å². The summed E-state index contributed by atoms with van der Waals surface area (Å²) >= 11 is 0. The molecule has 0 aliphatic carbocycles. The second-order valence-electron chi connectivity index (χ2n) is 5.86. The van der Waals surface area contributed by atoms with Crippen molar-refractivity contribution in [3.63, 3.8) is 0 Å². The summed E-state index contributed by atoms with van der Waals surface area (Å²) in [6.45, 7) is 4.43. The van der Waals surface area contributed by atoms with Crippen molar-refractivity contribution in [3.05, 3.63) is 23.8 Å². The van der Waals surface area contributed by atoms with Crippen LogP contribution in [-0.4, -0.2) is 50.2 Å². The molecule has 0 aromatic heterocycles. The number of nitrogens with zero attached hydrogens (tertiary/aromatic N) is 2. The fourth-order valence-electron chi connectivity index (χ4n) is 3.48. The van der Waals surface area contributed by atoms with Crippen molar-refractivity contribution in [3.8, 4) is 0 Å². The number of methoxy groups -OCH3 is 1. The number of esters is 1. The van der Waals surface area contributed by atoms with Crippen LogP contribution in [0.4, 0.5) is 11.4 Å². The predicted octanol–water partition coefficient (Wildman–Crippen LogP) is 1.73. The van der Waals surface area contributed by atoms with Crippen molar-refractivity contribution in [1.29, 1.82) is 0 Å². The molecule has 2 aliphatic rings. The number of hydrogen-bond donors (Lipinski definition) is 1. The van der Waals surface area contributed by atoms with E-state index in [9.17, 15) is 4.79 Å². The summed E-state index contributed by atoms with van der Waals surface area (Å²) in [5.41, 5.74) is 8.13. The van der Waals surface area contributed by atoms with Gasteiger partial charge < -0.3 is 15.4 Å². The number of para-hydroxylation sites is 1. The first-order chi connectivity index (χ1) is 10.2. The van der Waals surface area contributed by atoms with Gasteiger partial charge in [0.1, 0.15) is 0 Å². The van der Waals surface area contributed by atoms with E-state index in [1.807, 2.05) is 12.1 Å². The Labute approximate surface area is 125 Å². The highest BCUT2D eigenvalue weighted by molar-refractivity contribution is 5.98. The molecule has 2 saturated heterocycles. The summed E-state index contributed by atoms with van der Waals surface area (Å²) < 4.78 is 4.79. The zero-order valence-electron chi connectivity index (χ0n) is 12.5. The smallest absolute Gasteiger partial charge is 0.340 e. The molecule has 3 rings (SSSR count). The van der Waals surface area contributed by atoms with Gasteiger partial charge in [-0.3, -0.25) is 4.90 Å². The second-order valence-corrected chi connectivity index (χ2v) is 5.86. The van der Waals surface area contributed by atoms with Crippen LogP contribution in [0.2, 0.25) is 0 Å². The maximum absolute atomic E-state index is 11.7. The van der Waals surface area contributed by atoms with E-state index in [0.29, 0.717) is 17.3 Å². The van der Waals surface area contributed by atoms with Gasteiger partial charge in [-0.1, -0.05) is 6.07 Å². The zero-order chi connectivity index (χ0) is 14.8. The zero-order valence-corrected chi connectivity index (χ0v) is 12.5. The summed E-state index contributed by atoms with van der Waals surface area (Å²) in [5.74, 6) is -0.371. The third-order valence-corrected chi connectivity index (χ3v) is 4.65. The summed E-state index contributed by atoms with van der Waals surface area (Å²) in [6.07, 6.45) is 3.80. The molecule has 1 aromatic rings.